The molecule has 114 valence electrons. The summed E-state index contributed by atoms with van der Waals surface area (Å²) in [6, 6.07) is -0.367. The van der Waals surface area contributed by atoms with Crippen molar-refractivity contribution in [3.8, 4) is 0 Å². The summed E-state index contributed by atoms with van der Waals surface area (Å²) >= 11 is 0. The van der Waals surface area contributed by atoms with Gasteiger partial charge in [-0.3, -0.25) is 9.69 Å². The van der Waals surface area contributed by atoms with Gasteiger partial charge in [0.15, 0.2) is 0 Å². The highest BCUT2D eigenvalue weighted by atomic mass is 16.4. The Kier molecular flexibility index (Phi) is 5.03. The van der Waals surface area contributed by atoms with Crippen LogP contribution in [0, 0.1) is 5.41 Å². The van der Waals surface area contributed by atoms with Crippen LogP contribution in [-0.2, 0) is 4.79 Å². The Morgan fingerprint density at radius 1 is 1.50 bits per heavy atom. The fraction of sp³-hybridized carbons (Fsp3) is 0.917. The van der Waals surface area contributed by atoms with Gasteiger partial charge < -0.3 is 26.2 Å². The first kappa shape index (κ1) is 15.7. The fourth-order valence-electron chi connectivity index (χ4n) is 3.96. The van der Waals surface area contributed by atoms with Crippen molar-refractivity contribution in [2.45, 2.75) is 37.7 Å². The van der Waals surface area contributed by atoms with Crippen molar-refractivity contribution in [2.24, 2.45) is 11.1 Å². The van der Waals surface area contributed by atoms with Crippen LogP contribution in [0.15, 0.2) is 0 Å². The van der Waals surface area contributed by atoms with Crippen LogP contribution in [0.1, 0.15) is 19.3 Å². The van der Waals surface area contributed by atoms with Crippen molar-refractivity contribution >= 4 is 13.1 Å². The number of nitrogens with one attached hydrogen (secondary N) is 1. The molecule has 0 saturated carbocycles. The Hall–Kier alpha value is -0.665. The standard InChI is InChI=1S/C12H24BN3O4/c14-5-7-16-6-3-12(2-1-4-13(19)20)9(16)8-15-10(12)11(17)18/h9-10,15,19-20H,1-8,14H2,(H,17,18)/t9-,10+,12-/m0/s1. The van der Waals surface area contributed by atoms with Crippen molar-refractivity contribution < 1.29 is 19.9 Å². The molecule has 8 heteroatoms. The summed E-state index contributed by atoms with van der Waals surface area (Å²) in [5.41, 5.74) is 5.31. The molecule has 0 bridgehead atoms. The lowest BCUT2D eigenvalue weighted by molar-refractivity contribution is -0.142. The molecule has 0 spiro atoms. The predicted octanol–water partition coefficient (Wildman–Crippen LogP) is -1.68. The van der Waals surface area contributed by atoms with E-state index in [1.54, 1.807) is 0 Å². The maximum absolute atomic E-state index is 11.5. The van der Waals surface area contributed by atoms with Gasteiger partial charge in [-0.2, -0.15) is 0 Å². The highest BCUT2D eigenvalue weighted by molar-refractivity contribution is 6.40. The average molecular weight is 285 g/mol. The van der Waals surface area contributed by atoms with E-state index in [9.17, 15) is 9.90 Å². The van der Waals surface area contributed by atoms with Crippen LogP contribution < -0.4 is 11.1 Å². The van der Waals surface area contributed by atoms with Gasteiger partial charge in [-0.05, 0) is 25.7 Å². The van der Waals surface area contributed by atoms with E-state index in [2.05, 4.69) is 10.2 Å². The second-order valence-electron chi connectivity index (χ2n) is 5.88. The molecule has 6 N–H and O–H groups in total. The molecule has 2 heterocycles. The molecule has 7 nitrogen and oxygen atoms in total. The largest absolute Gasteiger partial charge is 0.480 e. The minimum atomic E-state index is -1.32. The normalized spacial score (nSPS) is 33.4. The fourth-order valence-corrected chi connectivity index (χ4v) is 3.96. The van der Waals surface area contributed by atoms with Gasteiger partial charge in [0.05, 0.1) is 0 Å². The quantitative estimate of drug-likeness (QED) is 0.354. The van der Waals surface area contributed by atoms with Gasteiger partial charge in [-0.1, -0.05) is 6.42 Å². The Morgan fingerprint density at radius 3 is 2.85 bits per heavy atom. The van der Waals surface area contributed by atoms with Crippen molar-refractivity contribution in [2.75, 3.05) is 26.2 Å². The molecule has 0 aromatic heterocycles. The van der Waals surface area contributed by atoms with Crippen LogP contribution in [-0.4, -0.2) is 71.4 Å². The monoisotopic (exact) mass is 285 g/mol. The molecule has 0 aliphatic carbocycles. The summed E-state index contributed by atoms with van der Waals surface area (Å²) in [6.45, 7) is 2.89. The summed E-state index contributed by atoms with van der Waals surface area (Å²) < 4.78 is 0. The number of likely N-dealkylation sites (tertiary alicyclic amines) is 1. The first-order valence-electron chi connectivity index (χ1n) is 7.27. The van der Waals surface area contributed by atoms with E-state index in [1.165, 1.54) is 0 Å². The summed E-state index contributed by atoms with van der Waals surface area (Å²) in [7, 11) is -1.32. The lowest BCUT2D eigenvalue weighted by atomic mass is 9.70. The SMILES string of the molecule is NCCN1CC[C@]2(CCCB(O)O)[C@@H](C(=O)O)NC[C@H]12. The zero-order valence-corrected chi connectivity index (χ0v) is 11.7. The number of hydrogen-bond donors (Lipinski definition) is 5. The molecule has 2 rings (SSSR count). The highest BCUT2D eigenvalue weighted by Crippen LogP contribution is 2.47. The Bertz CT molecular complexity index is 358. The maximum Gasteiger partial charge on any atom is 0.451 e. The zero-order chi connectivity index (χ0) is 14.8. The van der Waals surface area contributed by atoms with Crippen LogP contribution in [0.4, 0.5) is 0 Å². The number of nitrogens with zero attached hydrogens (tertiary/aromatic N) is 1. The molecule has 2 aliphatic rings. The molecule has 3 atom stereocenters. The number of carboxylic acid groups (broad SMARTS) is 1. The van der Waals surface area contributed by atoms with E-state index in [4.69, 9.17) is 15.8 Å². The molecule has 20 heavy (non-hydrogen) atoms. The number of hydrogen-bond acceptors (Lipinski definition) is 6. The first-order chi connectivity index (χ1) is 9.51. The smallest absolute Gasteiger partial charge is 0.451 e. The second-order valence-corrected chi connectivity index (χ2v) is 5.88. The molecule has 0 unspecified atom stereocenters. The molecule has 0 aromatic rings. The van der Waals surface area contributed by atoms with E-state index in [0.717, 1.165) is 19.5 Å². The van der Waals surface area contributed by atoms with Crippen LogP contribution in [0.2, 0.25) is 6.32 Å². The van der Waals surface area contributed by atoms with Gasteiger partial charge in [0, 0.05) is 31.1 Å². The van der Waals surface area contributed by atoms with Crippen molar-refractivity contribution in [1.29, 1.82) is 0 Å². The lowest BCUT2D eigenvalue weighted by Gasteiger charge is -2.34. The maximum atomic E-state index is 11.5. The second kappa shape index (κ2) is 6.40. The molecule has 0 amide bonds. The Balaban J connectivity index is 2.10. The number of nitrogens with two attached hydrogens (primary N) is 1. The van der Waals surface area contributed by atoms with Gasteiger partial charge in [-0.25, -0.2) is 0 Å². The molecule has 2 aliphatic heterocycles. The zero-order valence-electron chi connectivity index (χ0n) is 11.7. The topological polar surface area (TPSA) is 119 Å². The number of carbonyl (C=O) groups is 1. The highest BCUT2D eigenvalue weighted by Gasteiger charge is 2.57. The lowest BCUT2D eigenvalue weighted by Crippen LogP contribution is -2.46. The van der Waals surface area contributed by atoms with Crippen molar-refractivity contribution in [3.63, 3.8) is 0 Å². The average Bonchev–Trinajstić information content (AvgIpc) is 2.87. The van der Waals surface area contributed by atoms with Gasteiger partial charge in [0.25, 0.3) is 0 Å². The number of rotatable bonds is 7. The number of carboxylic acids is 1. The third-order valence-corrected chi connectivity index (χ3v) is 4.83. The van der Waals surface area contributed by atoms with Gasteiger partial charge in [0.2, 0.25) is 0 Å². The molecule has 2 fully saturated rings. The first-order valence-corrected chi connectivity index (χ1v) is 7.27. The van der Waals surface area contributed by atoms with E-state index in [-0.39, 0.29) is 17.8 Å². The minimum Gasteiger partial charge on any atom is -0.480 e. The molecular weight excluding hydrogens is 261 g/mol. The number of aliphatic carboxylic acids is 1. The van der Waals surface area contributed by atoms with Crippen molar-refractivity contribution in [3.05, 3.63) is 0 Å². The van der Waals surface area contributed by atoms with E-state index in [1.807, 2.05) is 0 Å². The molecule has 0 aromatic carbocycles. The predicted molar refractivity (Wildman–Crippen MR) is 75.1 cm³/mol. The summed E-state index contributed by atoms with van der Waals surface area (Å²) in [4.78, 5) is 13.8. The minimum absolute atomic E-state index is 0.183. The van der Waals surface area contributed by atoms with Crippen molar-refractivity contribution in [1.82, 2.24) is 10.2 Å². The molecule has 0 radical (unpaired) electrons. The van der Waals surface area contributed by atoms with E-state index in [0.29, 0.717) is 25.9 Å². The van der Waals surface area contributed by atoms with Crippen LogP contribution in [0.5, 0.6) is 0 Å². The van der Waals surface area contributed by atoms with Gasteiger partial charge >= 0.3 is 13.1 Å². The molecule has 2 saturated heterocycles. The Labute approximate surface area is 119 Å². The summed E-state index contributed by atoms with van der Waals surface area (Å²) in [6.07, 6.45) is 2.43. The van der Waals surface area contributed by atoms with Crippen LogP contribution in [0.3, 0.4) is 0 Å². The van der Waals surface area contributed by atoms with Crippen LogP contribution >= 0.6 is 0 Å². The van der Waals surface area contributed by atoms with E-state index >= 15 is 0 Å². The molecular formula is C12H24BN3O4. The third-order valence-electron chi connectivity index (χ3n) is 4.83. The van der Waals surface area contributed by atoms with E-state index < -0.39 is 19.1 Å². The Morgan fingerprint density at radius 2 is 2.25 bits per heavy atom. The summed E-state index contributed by atoms with van der Waals surface area (Å²) in [5.74, 6) is -0.813. The number of fused-ring (bicyclic) bond motifs is 1. The van der Waals surface area contributed by atoms with Gasteiger partial charge in [0.1, 0.15) is 6.04 Å². The summed E-state index contributed by atoms with van der Waals surface area (Å²) in [5, 5.41) is 30.5. The van der Waals surface area contributed by atoms with Crippen LogP contribution in [0.25, 0.3) is 0 Å². The third kappa shape index (κ3) is 2.84. The van der Waals surface area contributed by atoms with Gasteiger partial charge in [-0.15, -0.1) is 0 Å².